The minimum Gasteiger partial charge on any atom is -0.497 e. The molecule has 3 aromatic carbocycles. The number of hydrogen-bond donors (Lipinski definition) is 1. The zero-order valence-corrected chi connectivity index (χ0v) is 19.5. The van der Waals surface area contributed by atoms with Crippen molar-refractivity contribution in [1.82, 2.24) is 14.8 Å². The third-order valence-corrected chi connectivity index (χ3v) is 5.33. The molecule has 0 spiro atoms. The van der Waals surface area contributed by atoms with E-state index in [-0.39, 0.29) is 0 Å². The summed E-state index contributed by atoms with van der Waals surface area (Å²) in [6.45, 7) is 3.05. The SMILES string of the molecule is CCOc1ccc(OCc2ccc(-c3n[nH]c(=S)n3-c3ccc(OC)cc3OC)cc2)cc1. The van der Waals surface area contributed by atoms with Crippen LogP contribution in [0.3, 0.4) is 0 Å². The van der Waals surface area contributed by atoms with Gasteiger partial charge in [0, 0.05) is 11.6 Å². The molecule has 170 valence electrons. The smallest absolute Gasteiger partial charge is 0.200 e. The molecule has 1 heterocycles. The second-order valence-electron chi connectivity index (χ2n) is 7.12. The average molecular weight is 464 g/mol. The van der Waals surface area contributed by atoms with E-state index in [1.54, 1.807) is 14.2 Å². The fourth-order valence-electron chi connectivity index (χ4n) is 3.40. The molecule has 0 fully saturated rings. The molecule has 0 unspecified atom stereocenters. The first-order chi connectivity index (χ1) is 16.1. The molecule has 1 aromatic heterocycles. The van der Waals surface area contributed by atoms with Crippen LogP contribution < -0.4 is 18.9 Å². The molecule has 0 saturated heterocycles. The van der Waals surface area contributed by atoms with E-state index in [0.29, 0.717) is 35.3 Å². The van der Waals surface area contributed by atoms with Crippen molar-refractivity contribution >= 4 is 12.2 Å². The Morgan fingerprint density at radius 2 is 1.52 bits per heavy atom. The van der Waals surface area contributed by atoms with Crippen LogP contribution in [0.5, 0.6) is 23.0 Å². The summed E-state index contributed by atoms with van der Waals surface area (Å²) in [4.78, 5) is 0. The van der Waals surface area contributed by atoms with Crippen LogP contribution in [-0.4, -0.2) is 35.6 Å². The van der Waals surface area contributed by atoms with Crippen molar-refractivity contribution in [3.05, 3.63) is 77.1 Å². The van der Waals surface area contributed by atoms with Gasteiger partial charge in [0.2, 0.25) is 0 Å². The van der Waals surface area contributed by atoms with E-state index in [1.807, 2.05) is 78.2 Å². The molecule has 8 heteroatoms. The molecule has 0 aliphatic carbocycles. The van der Waals surface area contributed by atoms with Gasteiger partial charge >= 0.3 is 0 Å². The maximum atomic E-state index is 5.89. The molecule has 0 radical (unpaired) electrons. The Kier molecular flexibility index (Phi) is 6.95. The Labute approximate surface area is 197 Å². The van der Waals surface area contributed by atoms with Crippen LogP contribution in [0, 0.1) is 4.77 Å². The summed E-state index contributed by atoms with van der Waals surface area (Å²) >= 11 is 5.50. The van der Waals surface area contributed by atoms with Gasteiger partial charge in [0.25, 0.3) is 0 Å². The third kappa shape index (κ3) is 5.01. The summed E-state index contributed by atoms with van der Waals surface area (Å²) in [6.07, 6.45) is 0. The molecule has 4 aromatic rings. The highest BCUT2D eigenvalue weighted by atomic mass is 32.1. The maximum Gasteiger partial charge on any atom is 0.200 e. The van der Waals surface area contributed by atoms with Crippen molar-refractivity contribution < 1.29 is 18.9 Å². The topological polar surface area (TPSA) is 70.5 Å². The van der Waals surface area contributed by atoms with Gasteiger partial charge in [0.15, 0.2) is 10.6 Å². The number of ether oxygens (including phenoxy) is 4. The number of nitrogens with one attached hydrogen (secondary N) is 1. The summed E-state index contributed by atoms with van der Waals surface area (Å²) in [7, 11) is 3.23. The van der Waals surface area contributed by atoms with E-state index in [0.717, 1.165) is 28.3 Å². The highest BCUT2D eigenvalue weighted by molar-refractivity contribution is 7.71. The predicted octanol–water partition coefficient (Wildman–Crippen LogP) is 5.59. The standard InChI is InChI=1S/C25H25N3O4S/c1-4-31-19-9-11-20(12-10-19)32-16-17-5-7-18(8-6-17)24-26-27-25(33)28(24)22-14-13-21(29-2)15-23(22)30-3/h5-15H,4,16H2,1-3H3,(H,27,33). The van der Waals surface area contributed by atoms with Crippen LogP contribution in [0.25, 0.3) is 17.1 Å². The summed E-state index contributed by atoms with van der Waals surface area (Å²) in [6, 6.07) is 21.2. The minimum atomic E-state index is 0.452. The lowest BCUT2D eigenvalue weighted by Gasteiger charge is -2.13. The molecule has 0 bridgehead atoms. The van der Waals surface area contributed by atoms with E-state index in [9.17, 15) is 0 Å². The Bertz CT molecular complexity index is 1260. The van der Waals surface area contributed by atoms with Crippen molar-refractivity contribution in [2.45, 2.75) is 13.5 Å². The van der Waals surface area contributed by atoms with Gasteiger partial charge in [-0.3, -0.25) is 9.67 Å². The zero-order chi connectivity index (χ0) is 23.2. The first kappa shape index (κ1) is 22.4. The number of nitrogens with zero attached hydrogens (tertiary/aromatic N) is 2. The number of methoxy groups -OCH3 is 2. The summed E-state index contributed by atoms with van der Waals surface area (Å²) in [5.74, 6) is 3.63. The van der Waals surface area contributed by atoms with Gasteiger partial charge in [-0.1, -0.05) is 24.3 Å². The molecule has 7 nitrogen and oxygen atoms in total. The number of rotatable bonds is 9. The van der Waals surface area contributed by atoms with E-state index in [1.165, 1.54) is 0 Å². The molecule has 0 atom stereocenters. The Balaban J connectivity index is 1.54. The van der Waals surface area contributed by atoms with Gasteiger partial charge in [-0.05, 0) is 61.1 Å². The van der Waals surface area contributed by atoms with Crippen LogP contribution >= 0.6 is 12.2 Å². The number of aromatic amines is 1. The normalized spacial score (nSPS) is 10.6. The molecule has 0 aliphatic rings. The summed E-state index contributed by atoms with van der Waals surface area (Å²) in [5.41, 5.74) is 2.72. The van der Waals surface area contributed by atoms with Crippen LogP contribution in [0.15, 0.2) is 66.7 Å². The number of aromatic nitrogens is 3. The van der Waals surface area contributed by atoms with Gasteiger partial charge in [0.1, 0.15) is 29.6 Å². The molecular weight excluding hydrogens is 438 g/mol. The Morgan fingerprint density at radius 3 is 2.15 bits per heavy atom. The van der Waals surface area contributed by atoms with Gasteiger partial charge in [-0.15, -0.1) is 0 Å². The lowest BCUT2D eigenvalue weighted by molar-refractivity contribution is 0.304. The van der Waals surface area contributed by atoms with Crippen molar-refractivity contribution in [3.8, 4) is 40.1 Å². The van der Waals surface area contributed by atoms with Crippen LogP contribution in [0.1, 0.15) is 12.5 Å². The first-order valence-corrected chi connectivity index (χ1v) is 10.9. The van der Waals surface area contributed by atoms with E-state index in [2.05, 4.69) is 10.2 Å². The Hall–Kier alpha value is -3.78. The molecule has 0 amide bonds. The van der Waals surface area contributed by atoms with E-state index in [4.69, 9.17) is 31.2 Å². The molecule has 33 heavy (non-hydrogen) atoms. The second-order valence-corrected chi connectivity index (χ2v) is 7.50. The van der Waals surface area contributed by atoms with Gasteiger partial charge in [0.05, 0.1) is 26.5 Å². The fraction of sp³-hybridized carbons (Fsp3) is 0.200. The Morgan fingerprint density at radius 1 is 0.848 bits per heavy atom. The van der Waals surface area contributed by atoms with Gasteiger partial charge in [-0.25, -0.2) is 0 Å². The average Bonchev–Trinajstić information content (AvgIpc) is 3.24. The third-order valence-electron chi connectivity index (χ3n) is 5.05. The molecule has 0 aliphatic heterocycles. The zero-order valence-electron chi connectivity index (χ0n) is 18.7. The second kappa shape index (κ2) is 10.2. The lowest BCUT2D eigenvalue weighted by atomic mass is 10.1. The number of H-pyrrole nitrogens is 1. The predicted molar refractivity (Wildman–Crippen MR) is 129 cm³/mol. The number of benzene rings is 3. The van der Waals surface area contributed by atoms with Crippen molar-refractivity contribution in [2.24, 2.45) is 0 Å². The molecule has 1 N–H and O–H groups in total. The molecular formula is C25H25N3O4S. The van der Waals surface area contributed by atoms with Crippen LogP contribution in [0.2, 0.25) is 0 Å². The summed E-state index contributed by atoms with van der Waals surface area (Å²) in [5, 5.41) is 7.33. The minimum absolute atomic E-state index is 0.452. The highest BCUT2D eigenvalue weighted by Gasteiger charge is 2.15. The van der Waals surface area contributed by atoms with Crippen molar-refractivity contribution in [3.63, 3.8) is 0 Å². The molecule has 0 saturated carbocycles. The first-order valence-electron chi connectivity index (χ1n) is 10.5. The fourth-order valence-corrected chi connectivity index (χ4v) is 3.63. The van der Waals surface area contributed by atoms with E-state index >= 15 is 0 Å². The van der Waals surface area contributed by atoms with Crippen LogP contribution in [-0.2, 0) is 6.61 Å². The van der Waals surface area contributed by atoms with Crippen molar-refractivity contribution in [1.29, 1.82) is 0 Å². The quantitative estimate of drug-likeness (QED) is 0.326. The van der Waals surface area contributed by atoms with Gasteiger partial charge in [-0.2, -0.15) is 5.10 Å². The highest BCUT2D eigenvalue weighted by Crippen LogP contribution is 2.31. The van der Waals surface area contributed by atoms with Gasteiger partial charge < -0.3 is 18.9 Å². The van der Waals surface area contributed by atoms with Crippen LogP contribution in [0.4, 0.5) is 0 Å². The largest absolute Gasteiger partial charge is 0.497 e. The monoisotopic (exact) mass is 463 g/mol. The lowest BCUT2D eigenvalue weighted by Crippen LogP contribution is -2.02. The summed E-state index contributed by atoms with van der Waals surface area (Å²) < 4.78 is 24.5. The van der Waals surface area contributed by atoms with E-state index < -0.39 is 0 Å². The number of hydrogen-bond acceptors (Lipinski definition) is 6. The molecule has 4 rings (SSSR count). The maximum absolute atomic E-state index is 5.89. The van der Waals surface area contributed by atoms with Crippen molar-refractivity contribution in [2.75, 3.05) is 20.8 Å².